The Balaban J connectivity index is 1.70. The Morgan fingerprint density at radius 2 is 1.89 bits per heavy atom. The van der Waals surface area contributed by atoms with Gasteiger partial charge in [-0.05, 0) is 53.2 Å². The van der Waals surface area contributed by atoms with Crippen LogP contribution in [0.1, 0.15) is 31.7 Å². The summed E-state index contributed by atoms with van der Waals surface area (Å²) in [6.45, 7) is 4.01. The van der Waals surface area contributed by atoms with Gasteiger partial charge in [-0.25, -0.2) is 0 Å². The summed E-state index contributed by atoms with van der Waals surface area (Å²) < 4.78 is 13.0. The molecule has 27 heavy (non-hydrogen) atoms. The summed E-state index contributed by atoms with van der Waals surface area (Å²) in [6, 6.07) is 15.7. The van der Waals surface area contributed by atoms with Crippen LogP contribution in [0.4, 0.5) is 0 Å². The molecule has 142 valence electrons. The lowest BCUT2D eigenvalue weighted by atomic mass is 10.2. The highest BCUT2D eigenvalue weighted by Gasteiger charge is 2.14. The van der Waals surface area contributed by atoms with Crippen LogP contribution in [0, 0.1) is 0 Å². The van der Waals surface area contributed by atoms with E-state index in [1.165, 1.54) is 19.3 Å². The summed E-state index contributed by atoms with van der Waals surface area (Å²) in [5.41, 5.74) is 1.96. The summed E-state index contributed by atoms with van der Waals surface area (Å²) in [5.74, 6) is 1.21. The minimum atomic E-state index is 0.282. The summed E-state index contributed by atoms with van der Waals surface area (Å²) in [7, 11) is 1.63. The van der Waals surface area contributed by atoms with Gasteiger partial charge in [-0.3, -0.25) is 0 Å². The summed E-state index contributed by atoms with van der Waals surface area (Å²) in [4.78, 5) is 0. The van der Waals surface area contributed by atoms with Crippen LogP contribution >= 0.6 is 0 Å². The van der Waals surface area contributed by atoms with E-state index in [0.717, 1.165) is 24.3 Å². The highest BCUT2D eigenvalue weighted by atomic mass is 16.5. The average molecular weight is 367 g/mol. The van der Waals surface area contributed by atoms with Gasteiger partial charge in [-0.2, -0.15) is 4.68 Å². The molecular weight excluding hydrogens is 342 g/mol. The van der Waals surface area contributed by atoms with E-state index in [1.807, 2.05) is 48.5 Å². The van der Waals surface area contributed by atoms with E-state index < -0.39 is 0 Å². The van der Waals surface area contributed by atoms with E-state index in [0.29, 0.717) is 11.5 Å². The second kappa shape index (κ2) is 9.68. The molecule has 1 heterocycles. The minimum absolute atomic E-state index is 0.282. The van der Waals surface area contributed by atoms with E-state index >= 15 is 0 Å². The number of para-hydroxylation sites is 1. The van der Waals surface area contributed by atoms with E-state index in [9.17, 15) is 0 Å². The zero-order chi connectivity index (χ0) is 18.9. The van der Waals surface area contributed by atoms with Gasteiger partial charge in [0, 0.05) is 6.54 Å². The zero-order valence-electron chi connectivity index (χ0n) is 15.8. The first-order chi connectivity index (χ1) is 13.3. The van der Waals surface area contributed by atoms with Crippen molar-refractivity contribution in [3.8, 4) is 23.2 Å². The lowest BCUT2D eigenvalue weighted by Gasteiger charge is -2.12. The van der Waals surface area contributed by atoms with Gasteiger partial charge in [0.1, 0.15) is 0 Å². The van der Waals surface area contributed by atoms with E-state index in [-0.39, 0.29) is 6.01 Å². The van der Waals surface area contributed by atoms with Crippen molar-refractivity contribution in [2.24, 2.45) is 0 Å². The SMILES string of the molecule is CCCCCNCc1ccc(Oc2nnnn2-c2ccccc2)c(OC)c1. The fourth-order valence-corrected chi connectivity index (χ4v) is 2.71. The number of nitrogens with one attached hydrogen (secondary N) is 1. The Kier molecular flexibility index (Phi) is 6.76. The summed E-state index contributed by atoms with van der Waals surface area (Å²) in [5, 5.41) is 15.1. The Morgan fingerprint density at radius 1 is 1.04 bits per heavy atom. The topological polar surface area (TPSA) is 74.1 Å². The second-order valence-electron chi connectivity index (χ2n) is 6.18. The number of unbranched alkanes of at least 4 members (excludes halogenated alkanes) is 2. The fraction of sp³-hybridized carbons (Fsp3) is 0.350. The molecule has 0 aliphatic rings. The van der Waals surface area contributed by atoms with Crippen LogP contribution < -0.4 is 14.8 Å². The standard InChI is InChI=1S/C20H25N5O2/c1-3-4-8-13-21-15-16-11-12-18(19(14-16)26-2)27-20-22-23-24-25(20)17-9-6-5-7-10-17/h5-7,9-12,14,21H,3-4,8,13,15H2,1-2H3. The molecule has 1 aromatic heterocycles. The predicted octanol–water partition coefficient (Wildman–Crippen LogP) is 3.74. The third-order valence-electron chi connectivity index (χ3n) is 4.16. The van der Waals surface area contributed by atoms with E-state index in [1.54, 1.807) is 11.8 Å². The maximum absolute atomic E-state index is 5.92. The van der Waals surface area contributed by atoms with Crippen molar-refractivity contribution in [2.75, 3.05) is 13.7 Å². The molecule has 0 spiro atoms. The molecule has 0 atom stereocenters. The number of nitrogens with zero attached hydrogens (tertiary/aromatic N) is 4. The summed E-state index contributed by atoms with van der Waals surface area (Å²) in [6.07, 6.45) is 3.67. The van der Waals surface area contributed by atoms with Crippen molar-refractivity contribution < 1.29 is 9.47 Å². The van der Waals surface area contributed by atoms with Crippen molar-refractivity contribution in [2.45, 2.75) is 32.7 Å². The Morgan fingerprint density at radius 3 is 2.67 bits per heavy atom. The van der Waals surface area contributed by atoms with Crippen LogP contribution in [-0.4, -0.2) is 33.9 Å². The molecule has 0 saturated carbocycles. The maximum atomic E-state index is 5.92. The second-order valence-corrected chi connectivity index (χ2v) is 6.18. The van der Waals surface area contributed by atoms with Crippen molar-refractivity contribution in [1.82, 2.24) is 25.5 Å². The van der Waals surface area contributed by atoms with Crippen molar-refractivity contribution in [3.05, 3.63) is 54.1 Å². The number of benzene rings is 2. The molecule has 0 unspecified atom stereocenters. The Labute approximate surface area is 159 Å². The quantitative estimate of drug-likeness (QED) is 0.550. The van der Waals surface area contributed by atoms with E-state index in [4.69, 9.17) is 9.47 Å². The number of hydrogen-bond acceptors (Lipinski definition) is 6. The molecule has 1 N–H and O–H groups in total. The predicted molar refractivity (Wildman–Crippen MR) is 103 cm³/mol. The van der Waals surface area contributed by atoms with Crippen LogP contribution in [0.5, 0.6) is 17.5 Å². The van der Waals surface area contributed by atoms with Crippen molar-refractivity contribution in [3.63, 3.8) is 0 Å². The molecular formula is C20H25N5O2. The largest absolute Gasteiger partial charge is 0.493 e. The average Bonchev–Trinajstić information content (AvgIpc) is 3.17. The highest BCUT2D eigenvalue weighted by Crippen LogP contribution is 2.32. The molecule has 3 rings (SSSR count). The molecule has 0 aliphatic carbocycles. The molecule has 2 aromatic carbocycles. The number of hydrogen-bond donors (Lipinski definition) is 1. The van der Waals surface area contributed by atoms with Gasteiger partial charge in [0.2, 0.25) is 0 Å². The van der Waals surface area contributed by atoms with Gasteiger partial charge in [-0.15, -0.1) is 0 Å². The third-order valence-corrected chi connectivity index (χ3v) is 4.16. The van der Waals surface area contributed by atoms with E-state index in [2.05, 4.69) is 27.8 Å². The first-order valence-corrected chi connectivity index (χ1v) is 9.21. The number of rotatable bonds is 10. The van der Waals surface area contributed by atoms with Gasteiger partial charge in [-0.1, -0.05) is 49.1 Å². The van der Waals surface area contributed by atoms with Crippen LogP contribution in [0.2, 0.25) is 0 Å². The van der Waals surface area contributed by atoms with Crippen molar-refractivity contribution >= 4 is 0 Å². The molecule has 3 aromatic rings. The molecule has 0 fully saturated rings. The number of ether oxygens (including phenoxy) is 2. The Bertz CT molecular complexity index is 835. The van der Waals surface area contributed by atoms with Crippen LogP contribution in [0.3, 0.4) is 0 Å². The molecule has 0 bridgehead atoms. The van der Waals surface area contributed by atoms with Crippen LogP contribution in [-0.2, 0) is 6.54 Å². The minimum Gasteiger partial charge on any atom is -0.493 e. The number of methoxy groups -OCH3 is 1. The van der Waals surface area contributed by atoms with Crippen LogP contribution in [0.15, 0.2) is 48.5 Å². The first-order valence-electron chi connectivity index (χ1n) is 9.21. The van der Waals surface area contributed by atoms with Gasteiger partial charge in [0.25, 0.3) is 0 Å². The molecule has 0 radical (unpaired) electrons. The van der Waals surface area contributed by atoms with Crippen LogP contribution in [0.25, 0.3) is 5.69 Å². The lowest BCUT2D eigenvalue weighted by molar-refractivity contribution is 0.362. The fourth-order valence-electron chi connectivity index (χ4n) is 2.71. The smallest absolute Gasteiger partial charge is 0.346 e. The molecule has 0 amide bonds. The van der Waals surface area contributed by atoms with Gasteiger partial charge < -0.3 is 14.8 Å². The monoisotopic (exact) mass is 367 g/mol. The molecule has 0 saturated heterocycles. The normalized spacial score (nSPS) is 10.7. The van der Waals surface area contributed by atoms with Gasteiger partial charge >= 0.3 is 6.01 Å². The Hall–Kier alpha value is -2.93. The highest BCUT2D eigenvalue weighted by molar-refractivity contribution is 5.44. The third kappa shape index (κ3) is 5.04. The molecule has 0 aliphatic heterocycles. The number of tetrazole rings is 1. The summed E-state index contributed by atoms with van der Waals surface area (Å²) >= 11 is 0. The lowest BCUT2D eigenvalue weighted by Crippen LogP contribution is -2.14. The van der Waals surface area contributed by atoms with Gasteiger partial charge in [0.15, 0.2) is 11.5 Å². The molecule has 7 nitrogen and oxygen atoms in total. The van der Waals surface area contributed by atoms with Gasteiger partial charge in [0.05, 0.1) is 12.8 Å². The van der Waals surface area contributed by atoms with Crippen molar-refractivity contribution in [1.29, 1.82) is 0 Å². The maximum Gasteiger partial charge on any atom is 0.346 e. The number of aromatic nitrogens is 4. The molecule has 7 heteroatoms. The first kappa shape index (κ1) is 18.8. The zero-order valence-corrected chi connectivity index (χ0v) is 15.8.